The molecule has 210 valence electrons. The molecule has 2 N–H and O–H groups in total. The Morgan fingerprint density at radius 2 is 1.25 bits per heavy atom. The van der Waals surface area contributed by atoms with Gasteiger partial charge in [-0.1, -0.05) is 48.5 Å². The van der Waals surface area contributed by atoms with Crippen molar-refractivity contribution in [1.29, 1.82) is 0 Å². The third-order valence-corrected chi connectivity index (χ3v) is 6.32. The minimum atomic E-state index is -2.39. The zero-order valence-electron chi connectivity index (χ0n) is 21.4. The zero-order chi connectivity index (χ0) is 29.3. The number of nitrogens with two attached hydrogens (primary N) is 1. The first-order valence-electron chi connectivity index (χ1n) is 12.2. The first kappa shape index (κ1) is 29.9. The Hall–Kier alpha value is -4.64. The van der Waals surface area contributed by atoms with E-state index < -0.39 is 47.7 Å². The van der Waals surface area contributed by atoms with E-state index in [0.717, 1.165) is 19.5 Å². The highest BCUT2D eigenvalue weighted by Crippen LogP contribution is 2.30. The highest BCUT2D eigenvalue weighted by atomic mass is 19.2. The number of quaternary nitrogens is 1. The predicted molar refractivity (Wildman–Crippen MR) is 131 cm³/mol. The van der Waals surface area contributed by atoms with Crippen LogP contribution in [0, 0.1) is 11.6 Å². The van der Waals surface area contributed by atoms with Gasteiger partial charge in [-0.15, -0.1) is 0 Å². The van der Waals surface area contributed by atoms with Gasteiger partial charge < -0.3 is 34.6 Å². The first-order chi connectivity index (χ1) is 19.0. The minimum Gasteiger partial charge on any atom is -0.546 e. The summed E-state index contributed by atoms with van der Waals surface area (Å²) in [4.78, 5) is 46.5. The van der Waals surface area contributed by atoms with Gasteiger partial charge in [0, 0.05) is 17.4 Å². The van der Waals surface area contributed by atoms with Gasteiger partial charge in [-0.25, -0.2) is 18.4 Å². The Labute approximate surface area is 228 Å². The van der Waals surface area contributed by atoms with E-state index in [4.69, 9.17) is 0 Å². The molecule has 3 aromatic carbocycles. The third-order valence-electron chi connectivity index (χ3n) is 6.32. The van der Waals surface area contributed by atoms with E-state index in [1.165, 1.54) is 54.6 Å². The molecule has 1 heterocycles. The number of halogens is 2. The van der Waals surface area contributed by atoms with Crippen LogP contribution in [0.5, 0.6) is 0 Å². The minimum absolute atomic E-state index is 0.0229. The number of hydrogen-bond donors (Lipinski definition) is 1. The summed E-state index contributed by atoms with van der Waals surface area (Å²) < 4.78 is 35.8. The summed E-state index contributed by atoms with van der Waals surface area (Å²) in [6.45, 7) is 3.83. The molecule has 0 aromatic heterocycles. The third kappa shape index (κ3) is 7.48. The van der Waals surface area contributed by atoms with E-state index in [1.807, 2.05) is 6.92 Å². The molecule has 1 aliphatic heterocycles. The maximum atomic E-state index is 13.5. The van der Waals surface area contributed by atoms with E-state index in [-0.39, 0.29) is 16.5 Å². The van der Waals surface area contributed by atoms with Crippen LogP contribution in [0.2, 0.25) is 0 Å². The van der Waals surface area contributed by atoms with Crippen molar-refractivity contribution in [3.05, 3.63) is 107 Å². The number of rotatable bonds is 8. The molecule has 4 rings (SSSR count). The van der Waals surface area contributed by atoms with Gasteiger partial charge in [0.2, 0.25) is 0 Å². The van der Waals surface area contributed by atoms with Gasteiger partial charge in [0.15, 0.2) is 23.8 Å². The molecule has 1 aliphatic rings. The largest absolute Gasteiger partial charge is 0.546 e. The van der Waals surface area contributed by atoms with E-state index >= 15 is 0 Å². The predicted octanol–water partition coefficient (Wildman–Crippen LogP) is 0.127. The van der Waals surface area contributed by atoms with Crippen molar-refractivity contribution in [2.75, 3.05) is 13.1 Å². The monoisotopic (exact) mass is 554 g/mol. The number of carboxylic acid groups (broad SMARTS) is 2. The van der Waals surface area contributed by atoms with Crippen LogP contribution in [0.1, 0.15) is 39.6 Å². The van der Waals surface area contributed by atoms with Gasteiger partial charge >= 0.3 is 11.9 Å². The summed E-state index contributed by atoms with van der Waals surface area (Å²) in [7, 11) is 0. The topological polar surface area (TPSA) is 149 Å². The van der Waals surface area contributed by atoms with E-state index in [9.17, 15) is 38.2 Å². The Kier molecular flexibility index (Phi) is 10.0. The van der Waals surface area contributed by atoms with Gasteiger partial charge in [0.05, 0.1) is 36.2 Å². The molecule has 9 nitrogen and oxygen atoms in total. The smallest absolute Gasteiger partial charge is 0.338 e. The summed E-state index contributed by atoms with van der Waals surface area (Å²) in [5.74, 6) is -7.77. The maximum Gasteiger partial charge on any atom is 0.338 e. The van der Waals surface area contributed by atoms with E-state index in [0.29, 0.717) is 5.56 Å². The van der Waals surface area contributed by atoms with E-state index in [2.05, 4.69) is 14.8 Å². The number of ether oxygens (including phenoxy) is 2. The summed E-state index contributed by atoms with van der Waals surface area (Å²) in [5, 5.41) is 24.7. The van der Waals surface area contributed by atoms with Crippen LogP contribution in [0.25, 0.3) is 0 Å². The Morgan fingerprint density at radius 3 is 1.65 bits per heavy atom. The quantitative estimate of drug-likeness (QED) is 0.386. The lowest BCUT2D eigenvalue weighted by atomic mass is 9.81. The highest BCUT2D eigenvalue weighted by molar-refractivity contribution is 5.94. The number of esters is 2. The van der Waals surface area contributed by atoms with Crippen LogP contribution >= 0.6 is 0 Å². The van der Waals surface area contributed by atoms with Crippen LogP contribution < -0.4 is 15.5 Å². The van der Waals surface area contributed by atoms with Crippen LogP contribution in [-0.2, 0) is 24.5 Å². The van der Waals surface area contributed by atoms with Crippen molar-refractivity contribution in [3.8, 4) is 0 Å². The molecule has 3 atom stereocenters. The molecule has 11 heteroatoms. The van der Waals surface area contributed by atoms with Crippen LogP contribution in [0.3, 0.4) is 0 Å². The molecule has 40 heavy (non-hydrogen) atoms. The number of carbonyl (C=O) groups excluding carboxylic acids is 4. The summed E-state index contributed by atoms with van der Waals surface area (Å²) in [6, 6.07) is 19.0. The Bertz CT molecular complexity index is 1280. The van der Waals surface area contributed by atoms with Crippen LogP contribution in [0.15, 0.2) is 78.9 Å². The molecule has 0 saturated carbocycles. The molecular weight excluding hydrogens is 528 g/mol. The standard InChI is InChI=1S/C18H14O8.C11H13F2N/c19-15(20)13(25-17(23)11-7-3-1-4-8-11)14(16(21)22)26-18(24)12-9-5-2-6-10-12;1-11(5-6-14-7-11)8-3-2-4-9(12)10(8)13/h1-10,13-14H,(H,19,20)(H,21,22);2-4,14H,5-7H2,1H3/p-1/t13-,14-;11-/m10/s1. The molecule has 0 radical (unpaired) electrons. The highest BCUT2D eigenvalue weighted by Gasteiger charge is 2.36. The molecule has 3 aromatic rings. The number of carbonyl (C=O) groups is 4. The van der Waals surface area contributed by atoms with E-state index in [1.54, 1.807) is 24.3 Å². The fraction of sp³-hybridized carbons (Fsp3) is 0.241. The average molecular weight is 555 g/mol. The number of hydrogen-bond acceptors (Lipinski definition) is 8. The number of aliphatic carboxylic acids is 2. The molecule has 1 saturated heterocycles. The second-order valence-corrected chi connectivity index (χ2v) is 9.22. The summed E-state index contributed by atoms with van der Waals surface area (Å²) >= 11 is 0. The molecular formula is C29H26F2NO8-. The molecule has 0 spiro atoms. The van der Waals surface area contributed by atoms with Gasteiger partial charge in [0.1, 0.15) is 0 Å². The number of benzene rings is 3. The van der Waals surface area contributed by atoms with Gasteiger partial charge in [-0.2, -0.15) is 0 Å². The fourth-order valence-corrected chi connectivity index (χ4v) is 4.14. The lowest BCUT2D eigenvalue weighted by molar-refractivity contribution is -0.638. The van der Waals surface area contributed by atoms with Crippen LogP contribution in [0.4, 0.5) is 8.78 Å². The normalized spacial score (nSPS) is 17.5. The lowest BCUT2D eigenvalue weighted by Gasteiger charge is -2.28. The van der Waals surface area contributed by atoms with Crippen molar-refractivity contribution >= 4 is 23.9 Å². The summed E-state index contributed by atoms with van der Waals surface area (Å²) in [5.41, 5.74) is 0.272. The first-order valence-corrected chi connectivity index (χ1v) is 12.2. The summed E-state index contributed by atoms with van der Waals surface area (Å²) in [6.07, 6.45) is -3.87. The second kappa shape index (κ2) is 13.4. The molecule has 0 aliphatic carbocycles. The fourth-order valence-electron chi connectivity index (χ4n) is 4.14. The average Bonchev–Trinajstić information content (AvgIpc) is 3.40. The lowest BCUT2D eigenvalue weighted by Crippen LogP contribution is -2.82. The Morgan fingerprint density at radius 1 is 0.775 bits per heavy atom. The van der Waals surface area contributed by atoms with Crippen molar-refractivity contribution in [2.24, 2.45) is 0 Å². The molecule has 0 amide bonds. The maximum absolute atomic E-state index is 13.5. The van der Waals surface area contributed by atoms with Gasteiger partial charge in [0.25, 0.3) is 0 Å². The molecule has 0 unspecified atom stereocenters. The molecule has 1 fully saturated rings. The van der Waals surface area contributed by atoms with Gasteiger partial charge in [-0.3, -0.25) is 0 Å². The van der Waals surface area contributed by atoms with Crippen molar-refractivity contribution in [3.63, 3.8) is 0 Å². The second-order valence-electron chi connectivity index (χ2n) is 9.22. The Balaban J connectivity index is 0.000000263. The zero-order valence-corrected chi connectivity index (χ0v) is 21.4. The SMILES string of the molecule is C[C@]1(c2cccc(F)c2F)CC[NH2+]C1.O=C(O[C@@H](C(=O)[O-])[C@@H](OC(=O)c1ccccc1)C(=O)[O-])c1ccccc1. The van der Waals surface area contributed by atoms with Crippen molar-refractivity contribution in [1.82, 2.24) is 0 Å². The van der Waals surface area contributed by atoms with Crippen molar-refractivity contribution < 1.29 is 53.0 Å². The molecule has 0 bridgehead atoms. The van der Waals surface area contributed by atoms with Crippen LogP contribution in [-0.4, -0.2) is 49.2 Å². The number of carboxylic acids is 2. The van der Waals surface area contributed by atoms with Gasteiger partial charge in [-0.05, 0) is 37.3 Å². The van der Waals surface area contributed by atoms with Crippen molar-refractivity contribution in [2.45, 2.75) is 31.0 Å².